The smallest absolute Gasteiger partial charge is 0.340 e. The zero-order chi connectivity index (χ0) is 11.6. The van der Waals surface area contributed by atoms with Gasteiger partial charge in [-0.1, -0.05) is 0 Å². The minimum Gasteiger partial charge on any atom is -0.481 e. The molecule has 0 amide bonds. The summed E-state index contributed by atoms with van der Waals surface area (Å²) in [6.07, 6.45) is -2.98. The Morgan fingerprint density at radius 2 is 2.20 bits per heavy atom. The molecule has 0 saturated carbocycles. The minimum absolute atomic E-state index is 0.508. The fourth-order valence-electron chi connectivity index (χ4n) is 0.961. The van der Waals surface area contributed by atoms with Crippen molar-refractivity contribution < 1.29 is 27.8 Å². The van der Waals surface area contributed by atoms with Crippen LogP contribution in [-0.4, -0.2) is 23.2 Å². The van der Waals surface area contributed by atoms with E-state index in [0.717, 1.165) is 7.11 Å². The molecule has 1 N–H and O–H groups in total. The monoisotopic (exact) mass is 221 g/mol. The number of methoxy groups -OCH3 is 1. The van der Waals surface area contributed by atoms with Gasteiger partial charge in [0.2, 0.25) is 11.8 Å². The third-order valence-corrected chi connectivity index (χ3v) is 1.63. The maximum Gasteiger partial charge on any atom is 0.340 e. The molecule has 7 heteroatoms. The van der Waals surface area contributed by atoms with Crippen LogP contribution >= 0.6 is 0 Å². The van der Waals surface area contributed by atoms with Gasteiger partial charge < -0.3 is 9.84 Å². The molecule has 1 heterocycles. The first-order valence-electron chi connectivity index (χ1n) is 3.73. The van der Waals surface area contributed by atoms with Crippen molar-refractivity contribution in [2.75, 3.05) is 7.11 Å². The third-order valence-electron chi connectivity index (χ3n) is 1.63. The van der Waals surface area contributed by atoms with Gasteiger partial charge >= 0.3 is 5.97 Å². The molecule has 0 aliphatic rings. The van der Waals surface area contributed by atoms with Crippen LogP contribution in [0.5, 0.6) is 5.88 Å². The highest BCUT2D eigenvalue weighted by atomic mass is 19.3. The average Bonchev–Trinajstić information content (AvgIpc) is 2.16. The number of carboxylic acids is 1. The maximum atomic E-state index is 12.9. The van der Waals surface area contributed by atoms with Crippen LogP contribution in [0.2, 0.25) is 0 Å². The molecule has 1 aromatic rings. The summed E-state index contributed by atoms with van der Waals surface area (Å²) in [5, 5.41) is 8.47. The van der Waals surface area contributed by atoms with Crippen LogP contribution < -0.4 is 4.74 Å². The number of ether oxygens (including phenoxy) is 1. The molecule has 0 aliphatic heterocycles. The zero-order valence-electron chi connectivity index (χ0n) is 7.50. The SMILES string of the molecule is COc1nc(F)c(C(=O)O)cc1C(F)F. The fraction of sp³-hybridized carbons (Fsp3) is 0.250. The number of nitrogens with zero attached hydrogens (tertiary/aromatic N) is 1. The molecule has 0 saturated heterocycles. The molecule has 0 radical (unpaired) electrons. The summed E-state index contributed by atoms with van der Waals surface area (Å²) in [4.78, 5) is 13.4. The first-order valence-corrected chi connectivity index (χ1v) is 3.73. The van der Waals surface area contributed by atoms with Crippen molar-refractivity contribution in [2.24, 2.45) is 0 Å². The molecular formula is C8H6F3NO3. The molecule has 0 fully saturated rings. The van der Waals surface area contributed by atoms with Crippen LogP contribution in [0.1, 0.15) is 22.3 Å². The number of aromatic nitrogens is 1. The Labute approximate surface area is 82.3 Å². The largest absolute Gasteiger partial charge is 0.481 e. The third kappa shape index (κ3) is 2.17. The lowest BCUT2D eigenvalue weighted by Gasteiger charge is -2.07. The topological polar surface area (TPSA) is 59.4 Å². The summed E-state index contributed by atoms with van der Waals surface area (Å²) in [6.45, 7) is 0. The molecule has 0 atom stereocenters. The lowest BCUT2D eigenvalue weighted by Crippen LogP contribution is -2.07. The lowest BCUT2D eigenvalue weighted by molar-refractivity contribution is 0.0689. The first-order chi connectivity index (χ1) is 6.97. The van der Waals surface area contributed by atoms with Crippen LogP contribution in [-0.2, 0) is 0 Å². The predicted octanol–water partition coefficient (Wildman–Crippen LogP) is 1.87. The molecule has 15 heavy (non-hydrogen) atoms. The van der Waals surface area contributed by atoms with Crippen molar-refractivity contribution in [3.63, 3.8) is 0 Å². The van der Waals surface area contributed by atoms with Gasteiger partial charge in [-0.15, -0.1) is 0 Å². The summed E-state index contributed by atoms with van der Waals surface area (Å²) in [5.74, 6) is -3.64. The van der Waals surface area contributed by atoms with Gasteiger partial charge in [0.05, 0.1) is 12.7 Å². The first kappa shape index (κ1) is 11.3. The lowest BCUT2D eigenvalue weighted by atomic mass is 10.2. The van der Waals surface area contributed by atoms with Gasteiger partial charge in [0, 0.05) is 0 Å². The van der Waals surface area contributed by atoms with Gasteiger partial charge in [0.15, 0.2) is 0 Å². The predicted molar refractivity (Wildman–Crippen MR) is 42.7 cm³/mol. The molecule has 0 aliphatic carbocycles. The second kappa shape index (κ2) is 4.16. The normalized spacial score (nSPS) is 10.5. The van der Waals surface area contributed by atoms with Crippen molar-refractivity contribution in [3.05, 3.63) is 23.1 Å². The van der Waals surface area contributed by atoms with Crippen molar-refractivity contribution >= 4 is 5.97 Å². The molecule has 0 aromatic carbocycles. The van der Waals surface area contributed by atoms with Crippen LogP contribution in [0, 0.1) is 5.95 Å². The molecule has 1 aromatic heterocycles. The van der Waals surface area contributed by atoms with E-state index < -0.39 is 35.3 Å². The quantitative estimate of drug-likeness (QED) is 0.791. The zero-order valence-corrected chi connectivity index (χ0v) is 7.50. The van der Waals surface area contributed by atoms with Crippen molar-refractivity contribution in [1.29, 1.82) is 0 Å². The Morgan fingerprint density at radius 1 is 1.60 bits per heavy atom. The van der Waals surface area contributed by atoms with Gasteiger partial charge in [-0.2, -0.15) is 9.37 Å². The van der Waals surface area contributed by atoms with E-state index >= 15 is 0 Å². The van der Waals surface area contributed by atoms with Gasteiger partial charge in [-0.3, -0.25) is 0 Å². The van der Waals surface area contributed by atoms with E-state index in [9.17, 15) is 18.0 Å². The van der Waals surface area contributed by atoms with Crippen molar-refractivity contribution in [3.8, 4) is 5.88 Å². The molecule has 0 spiro atoms. The Morgan fingerprint density at radius 3 is 2.60 bits per heavy atom. The van der Waals surface area contributed by atoms with Gasteiger partial charge in [-0.05, 0) is 6.07 Å². The second-order valence-electron chi connectivity index (χ2n) is 2.53. The molecule has 1 rings (SSSR count). The van der Waals surface area contributed by atoms with E-state index in [1.165, 1.54) is 0 Å². The molecule has 0 unspecified atom stereocenters. The summed E-state index contributed by atoms with van der Waals surface area (Å²) in [6, 6.07) is 0.508. The standard InChI is InChI=1S/C8H6F3NO3/c1-15-7-3(5(9)10)2-4(8(13)14)6(11)12-7/h2,5H,1H3,(H,13,14). The number of hydrogen-bond acceptors (Lipinski definition) is 3. The highest BCUT2D eigenvalue weighted by Gasteiger charge is 2.22. The van der Waals surface area contributed by atoms with Crippen LogP contribution in [0.3, 0.4) is 0 Å². The van der Waals surface area contributed by atoms with Gasteiger partial charge in [-0.25, -0.2) is 13.6 Å². The Balaban J connectivity index is 3.37. The fourth-order valence-corrected chi connectivity index (χ4v) is 0.961. The van der Waals surface area contributed by atoms with E-state index in [1.807, 2.05) is 0 Å². The second-order valence-corrected chi connectivity index (χ2v) is 2.53. The molecule has 4 nitrogen and oxygen atoms in total. The molecular weight excluding hydrogens is 215 g/mol. The number of carboxylic acid groups (broad SMARTS) is 1. The minimum atomic E-state index is -2.98. The number of pyridine rings is 1. The summed E-state index contributed by atoms with van der Waals surface area (Å²) in [5.41, 5.74) is -1.66. The average molecular weight is 221 g/mol. The van der Waals surface area contributed by atoms with Crippen LogP contribution in [0.15, 0.2) is 6.07 Å². The van der Waals surface area contributed by atoms with E-state index in [0.29, 0.717) is 6.07 Å². The number of hydrogen-bond donors (Lipinski definition) is 1. The van der Waals surface area contributed by atoms with Crippen LogP contribution in [0.4, 0.5) is 13.2 Å². The van der Waals surface area contributed by atoms with E-state index in [2.05, 4.69) is 9.72 Å². The van der Waals surface area contributed by atoms with Crippen LogP contribution in [0.25, 0.3) is 0 Å². The summed E-state index contributed by atoms with van der Waals surface area (Å²) in [7, 11) is 1.04. The highest BCUT2D eigenvalue weighted by molar-refractivity contribution is 5.87. The van der Waals surface area contributed by atoms with E-state index in [4.69, 9.17) is 5.11 Å². The Bertz CT molecular complexity index is 395. The number of aromatic carboxylic acids is 1. The van der Waals surface area contributed by atoms with Gasteiger partial charge in [0.25, 0.3) is 6.43 Å². The highest BCUT2D eigenvalue weighted by Crippen LogP contribution is 2.28. The van der Waals surface area contributed by atoms with Gasteiger partial charge in [0.1, 0.15) is 5.56 Å². The Hall–Kier alpha value is -1.79. The maximum absolute atomic E-state index is 12.9. The van der Waals surface area contributed by atoms with Crippen molar-refractivity contribution in [2.45, 2.75) is 6.43 Å². The molecule has 0 bridgehead atoms. The number of alkyl halides is 2. The number of halogens is 3. The van der Waals surface area contributed by atoms with Crippen molar-refractivity contribution in [1.82, 2.24) is 4.98 Å². The molecule has 82 valence electrons. The van der Waals surface area contributed by atoms with E-state index in [-0.39, 0.29) is 0 Å². The Kier molecular flexibility index (Phi) is 3.13. The summed E-state index contributed by atoms with van der Waals surface area (Å²) < 4.78 is 42.0. The van der Waals surface area contributed by atoms with E-state index in [1.54, 1.807) is 0 Å². The number of rotatable bonds is 3. The number of carbonyl (C=O) groups is 1. The summed E-state index contributed by atoms with van der Waals surface area (Å²) >= 11 is 0.